The fourth-order valence-electron chi connectivity index (χ4n) is 2.97. The van der Waals surface area contributed by atoms with Crippen LogP contribution in [0.4, 0.5) is 0 Å². The number of esters is 1. The third kappa shape index (κ3) is 1.79. The number of hydrogen-bond donors (Lipinski definition) is 0. The van der Waals surface area contributed by atoms with Crippen LogP contribution in [0.5, 0.6) is 0 Å². The average molecular weight is 258 g/mol. The first-order valence-corrected chi connectivity index (χ1v) is 6.56. The zero-order valence-electron chi connectivity index (χ0n) is 10.3. The summed E-state index contributed by atoms with van der Waals surface area (Å²) in [7, 11) is 0. The van der Waals surface area contributed by atoms with Crippen LogP contribution in [0.15, 0.2) is 42.0 Å². The highest BCUT2D eigenvalue weighted by Crippen LogP contribution is 2.41. The van der Waals surface area contributed by atoms with Crippen LogP contribution in [-0.2, 0) is 19.0 Å². The Balaban J connectivity index is 1.58. The molecule has 1 aliphatic carbocycles. The van der Waals surface area contributed by atoms with E-state index in [-0.39, 0.29) is 30.4 Å². The van der Waals surface area contributed by atoms with Gasteiger partial charge in [0.1, 0.15) is 6.10 Å². The van der Waals surface area contributed by atoms with E-state index in [9.17, 15) is 4.79 Å². The number of hydrogen-bond acceptors (Lipinski definition) is 4. The molecule has 4 atom stereocenters. The lowest BCUT2D eigenvalue weighted by atomic mass is 9.87. The van der Waals surface area contributed by atoms with Gasteiger partial charge in [-0.3, -0.25) is 0 Å². The Labute approximate surface area is 111 Å². The molecule has 0 unspecified atom stereocenters. The van der Waals surface area contributed by atoms with Crippen molar-refractivity contribution in [2.75, 3.05) is 6.61 Å². The molecule has 2 heterocycles. The molecule has 2 fully saturated rings. The van der Waals surface area contributed by atoms with Crippen LogP contribution in [0.2, 0.25) is 0 Å². The van der Waals surface area contributed by atoms with Crippen LogP contribution >= 0.6 is 0 Å². The van der Waals surface area contributed by atoms with E-state index >= 15 is 0 Å². The monoisotopic (exact) mass is 258 g/mol. The number of rotatable bonds is 1. The Morgan fingerprint density at radius 3 is 2.79 bits per heavy atom. The normalized spacial score (nSPS) is 36.4. The van der Waals surface area contributed by atoms with Crippen molar-refractivity contribution in [2.24, 2.45) is 5.92 Å². The van der Waals surface area contributed by atoms with E-state index in [1.807, 2.05) is 36.4 Å². The second-order valence-corrected chi connectivity index (χ2v) is 5.17. The van der Waals surface area contributed by atoms with Gasteiger partial charge in [-0.15, -0.1) is 0 Å². The van der Waals surface area contributed by atoms with Gasteiger partial charge in [-0.2, -0.15) is 0 Å². The summed E-state index contributed by atoms with van der Waals surface area (Å²) in [6.45, 7) is 0.479. The highest BCUT2D eigenvalue weighted by molar-refractivity contribution is 5.91. The van der Waals surface area contributed by atoms with Crippen LogP contribution in [0.3, 0.4) is 0 Å². The molecule has 2 aliphatic heterocycles. The van der Waals surface area contributed by atoms with Crippen molar-refractivity contribution in [2.45, 2.75) is 24.9 Å². The second-order valence-electron chi connectivity index (χ2n) is 5.17. The summed E-state index contributed by atoms with van der Waals surface area (Å²) in [6, 6.07) is 9.88. The number of carbonyl (C=O) groups is 1. The molecular weight excluding hydrogens is 244 g/mol. The van der Waals surface area contributed by atoms with Gasteiger partial charge in [0.05, 0.1) is 12.7 Å². The van der Waals surface area contributed by atoms with Crippen LogP contribution < -0.4 is 0 Å². The van der Waals surface area contributed by atoms with Gasteiger partial charge >= 0.3 is 5.97 Å². The van der Waals surface area contributed by atoms with Crippen molar-refractivity contribution < 1.29 is 19.0 Å². The van der Waals surface area contributed by atoms with E-state index in [2.05, 4.69) is 0 Å². The van der Waals surface area contributed by atoms with Crippen molar-refractivity contribution in [3.63, 3.8) is 0 Å². The smallest absolute Gasteiger partial charge is 0.334 e. The molecule has 0 N–H and O–H groups in total. The minimum absolute atomic E-state index is 0.0217. The van der Waals surface area contributed by atoms with E-state index in [1.54, 1.807) is 0 Å². The number of fused-ring (bicyclic) bond motifs is 2. The maximum Gasteiger partial charge on any atom is 0.334 e. The van der Waals surface area contributed by atoms with Gasteiger partial charge in [0.15, 0.2) is 6.29 Å². The molecule has 0 amide bonds. The third-order valence-corrected chi connectivity index (χ3v) is 3.97. The highest BCUT2D eigenvalue weighted by Gasteiger charge is 2.45. The van der Waals surface area contributed by atoms with Gasteiger partial charge in [-0.1, -0.05) is 30.3 Å². The first-order chi connectivity index (χ1) is 9.31. The van der Waals surface area contributed by atoms with Crippen LogP contribution in [-0.4, -0.2) is 24.8 Å². The minimum Gasteiger partial charge on any atom is -0.462 e. The molecule has 1 aromatic rings. The minimum atomic E-state index is -0.331. The molecule has 98 valence electrons. The van der Waals surface area contributed by atoms with E-state index in [0.717, 1.165) is 17.6 Å². The molecule has 4 rings (SSSR count). The van der Waals surface area contributed by atoms with E-state index in [0.29, 0.717) is 6.61 Å². The maximum absolute atomic E-state index is 11.6. The number of benzene rings is 1. The Bertz CT molecular complexity index is 536. The lowest BCUT2D eigenvalue weighted by Crippen LogP contribution is -2.30. The molecule has 2 saturated heterocycles. The van der Waals surface area contributed by atoms with Gasteiger partial charge in [-0.05, 0) is 12.5 Å². The first-order valence-electron chi connectivity index (χ1n) is 6.56. The summed E-state index contributed by atoms with van der Waals surface area (Å²) < 4.78 is 16.9. The predicted molar refractivity (Wildman–Crippen MR) is 66.1 cm³/mol. The predicted octanol–water partition coefficient (Wildman–Crippen LogP) is 1.97. The lowest BCUT2D eigenvalue weighted by molar-refractivity contribution is -0.135. The van der Waals surface area contributed by atoms with E-state index in [1.165, 1.54) is 0 Å². The van der Waals surface area contributed by atoms with E-state index in [4.69, 9.17) is 14.2 Å². The van der Waals surface area contributed by atoms with Gasteiger partial charge in [0.25, 0.3) is 0 Å². The Morgan fingerprint density at radius 2 is 1.95 bits per heavy atom. The Morgan fingerprint density at radius 1 is 1.11 bits per heavy atom. The molecule has 0 spiro atoms. The molecule has 0 bridgehead atoms. The summed E-state index contributed by atoms with van der Waals surface area (Å²) >= 11 is 0. The van der Waals surface area contributed by atoms with Crippen LogP contribution in [0.25, 0.3) is 0 Å². The molecule has 19 heavy (non-hydrogen) atoms. The van der Waals surface area contributed by atoms with Crippen molar-refractivity contribution in [3.8, 4) is 0 Å². The number of ether oxygens (including phenoxy) is 3. The van der Waals surface area contributed by atoms with Gasteiger partial charge < -0.3 is 14.2 Å². The standard InChI is InChI=1S/C15H14O4/c16-14-11-7-13-12(6-10(11)8-17-14)18-15(19-13)9-4-2-1-3-5-9/h1-5,7,10,12-13,15H,6,8H2/t10-,12+,13-,15-/m0/s1. The fraction of sp³-hybridized carbons (Fsp3) is 0.400. The van der Waals surface area contributed by atoms with E-state index < -0.39 is 0 Å². The largest absolute Gasteiger partial charge is 0.462 e. The molecule has 4 heteroatoms. The van der Waals surface area contributed by atoms with Gasteiger partial charge in [0, 0.05) is 17.1 Å². The molecule has 3 aliphatic rings. The molecule has 4 nitrogen and oxygen atoms in total. The molecular formula is C15H14O4. The van der Waals surface area contributed by atoms with Crippen LogP contribution in [0, 0.1) is 5.92 Å². The fourth-order valence-corrected chi connectivity index (χ4v) is 2.97. The average Bonchev–Trinajstić information content (AvgIpc) is 3.02. The molecule has 0 aromatic heterocycles. The Kier molecular flexibility index (Phi) is 2.47. The third-order valence-electron chi connectivity index (χ3n) is 3.97. The lowest BCUT2D eigenvalue weighted by Gasteiger charge is -2.22. The molecule has 0 radical (unpaired) electrons. The summed E-state index contributed by atoms with van der Waals surface area (Å²) in [4.78, 5) is 11.6. The summed E-state index contributed by atoms with van der Waals surface area (Å²) in [6.07, 6.45) is 2.24. The SMILES string of the molecule is O=C1OC[C@@H]2C[C@H]3O[C@H](c4ccccc4)O[C@H]3C=C12. The maximum atomic E-state index is 11.6. The van der Waals surface area contributed by atoms with Crippen molar-refractivity contribution in [1.82, 2.24) is 0 Å². The quantitative estimate of drug-likeness (QED) is 0.722. The summed E-state index contributed by atoms with van der Waals surface area (Å²) in [5.74, 6) is -0.0258. The second kappa shape index (κ2) is 4.18. The van der Waals surface area contributed by atoms with Crippen LogP contribution in [0.1, 0.15) is 18.3 Å². The molecule has 1 aromatic carbocycles. The topological polar surface area (TPSA) is 44.8 Å². The molecule has 0 saturated carbocycles. The summed E-state index contributed by atoms with van der Waals surface area (Å²) in [5.41, 5.74) is 1.78. The van der Waals surface area contributed by atoms with Crippen molar-refractivity contribution >= 4 is 5.97 Å². The van der Waals surface area contributed by atoms with Crippen molar-refractivity contribution in [1.29, 1.82) is 0 Å². The number of carbonyl (C=O) groups excluding carboxylic acids is 1. The first kappa shape index (κ1) is 11.2. The Hall–Kier alpha value is -1.65. The van der Waals surface area contributed by atoms with Gasteiger partial charge in [-0.25, -0.2) is 4.79 Å². The van der Waals surface area contributed by atoms with Crippen molar-refractivity contribution in [3.05, 3.63) is 47.5 Å². The van der Waals surface area contributed by atoms with Gasteiger partial charge in [0.2, 0.25) is 0 Å². The summed E-state index contributed by atoms with van der Waals surface area (Å²) in [5, 5.41) is 0. The zero-order chi connectivity index (χ0) is 12.8. The zero-order valence-corrected chi connectivity index (χ0v) is 10.3. The number of cyclic esters (lactones) is 1. The highest BCUT2D eigenvalue weighted by atomic mass is 16.7.